The summed E-state index contributed by atoms with van der Waals surface area (Å²) in [6.45, 7) is 13.2. The fourth-order valence-corrected chi connectivity index (χ4v) is 3.31. The molecule has 29 heavy (non-hydrogen) atoms. The summed E-state index contributed by atoms with van der Waals surface area (Å²) in [7, 11) is 0. The summed E-state index contributed by atoms with van der Waals surface area (Å²) in [6.07, 6.45) is 7.04. The van der Waals surface area contributed by atoms with Crippen LogP contribution in [0.3, 0.4) is 0 Å². The minimum Gasteiger partial charge on any atom is -0.488 e. The Labute approximate surface area is 173 Å². The van der Waals surface area contributed by atoms with E-state index in [0.717, 1.165) is 16.8 Å². The molecule has 0 atom stereocenters. The summed E-state index contributed by atoms with van der Waals surface area (Å²) < 4.78 is 5.99. The normalized spacial score (nSPS) is 15.1. The highest BCUT2D eigenvalue weighted by Crippen LogP contribution is 2.32. The number of rotatable bonds is 6. The molecular formula is C25H28N2O2. The number of carbonyl (C=O) groups excluding carboxylic acids is 1. The lowest BCUT2D eigenvalue weighted by Gasteiger charge is -2.22. The highest BCUT2D eigenvalue weighted by atomic mass is 16.5. The average Bonchev–Trinajstić information content (AvgIpc) is 3.05. The number of benzene rings is 1. The Bertz CT molecular complexity index is 949. The number of hydrogen-bond donors (Lipinski definition) is 0. The van der Waals surface area contributed by atoms with Crippen molar-refractivity contribution in [2.24, 2.45) is 0 Å². The van der Waals surface area contributed by atoms with Crippen LogP contribution in [0, 0.1) is 0 Å². The van der Waals surface area contributed by atoms with E-state index in [2.05, 4.69) is 44.5 Å². The van der Waals surface area contributed by atoms with Crippen LogP contribution in [0.2, 0.25) is 0 Å². The zero-order valence-corrected chi connectivity index (χ0v) is 17.6. The first-order valence-electron chi connectivity index (χ1n) is 9.81. The first kappa shape index (κ1) is 20.6. The van der Waals surface area contributed by atoms with Gasteiger partial charge in [-0.3, -0.25) is 9.78 Å². The first-order chi connectivity index (χ1) is 13.8. The van der Waals surface area contributed by atoms with E-state index in [4.69, 9.17) is 4.74 Å². The highest BCUT2D eigenvalue weighted by molar-refractivity contribution is 6.12. The third kappa shape index (κ3) is 4.48. The first-order valence-corrected chi connectivity index (χ1v) is 9.81. The molecule has 0 spiro atoms. The van der Waals surface area contributed by atoms with Crippen LogP contribution in [0.15, 0.2) is 84.4 Å². The molecule has 1 aromatic heterocycles. The number of nitrogens with zero attached hydrogens (tertiary/aromatic N) is 2. The van der Waals surface area contributed by atoms with Gasteiger partial charge in [0.2, 0.25) is 0 Å². The molecule has 0 aliphatic carbocycles. The van der Waals surface area contributed by atoms with E-state index in [1.807, 2.05) is 37.3 Å². The summed E-state index contributed by atoms with van der Waals surface area (Å²) in [5, 5.41) is 0. The van der Waals surface area contributed by atoms with Crippen LogP contribution in [0.5, 0.6) is 0 Å². The van der Waals surface area contributed by atoms with Crippen molar-refractivity contribution in [3.05, 3.63) is 95.6 Å². The topological polar surface area (TPSA) is 42.4 Å². The van der Waals surface area contributed by atoms with Crippen LogP contribution in [-0.2, 0) is 21.6 Å². The van der Waals surface area contributed by atoms with Gasteiger partial charge in [-0.15, -0.1) is 0 Å². The Morgan fingerprint density at radius 3 is 2.38 bits per heavy atom. The number of amides is 1. The highest BCUT2D eigenvalue weighted by Gasteiger charge is 2.33. The molecule has 3 rings (SSSR count). The number of carbonyl (C=O) groups is 1. The predicted molar refractivity (Wildman–Crippen MR) is 118 cm³/mol. The van der Waals surface area contributed by atoms with Crippen molar-refractivity contribution in [1.29, 1.82) is 0 Å². The lowest BCUT2D eigenvalue weighted by atomic mass is 9.87. The van der Waals surface area contributed by atoms with Gasteiger partial charge in [0.25, 0.3) is 5.91 Å². The number of allylic oxidation sites excluding steroid dienone is 1. The monoisotopic (exact) mass is 388 g/mol. The zero-order valence-electron chi connectivity index (χ0n) is 17.6. The van der Waals surface area contributed by atoms with Crippen LogP contribution < -0.4 is 4.90 Å². The molecule has 1 aliphatic rings. The largest absolute Gasteiger partial charge is 0.488 e. The van der Waals surface area contributed by atoms with E-state index in [-0.39, 0.29) is 11.3 Å². The lowest BCUT2D eigenvalue weighted by molar-refractivity contribution is -0.114. The number of aromatic nitrogens is 1. The maximum atomic E-state index is 13.3. The number of hydrogen-bond acceptors (Lipinski definition) is 3. The maximum absolute atomic E-state index is 13.3. The van der Waals surface area contributed by atoms with Crippen molar-refractivity contribution in [1.82, 2.24) is 4.98 Å². The van der Waals surface area contributed by atoms with Crippen molar-refractivity contribution >= 4 is 11.6 Å². The molecule has 1 aromatic carbocycles. The minimum atomic E-state index is -0.0637. The predicted octanol–water partition coefficient (Wildman–Crippen LogP) is 5.33. The molecule has 0 bridgehead atoms. The van der Waals surface area contributed by atoms with Crippen molar-refractivity contribution in [3.8, 4) is 0 Å². The quantitative estimate of drug-likeness (QED) is 0.628. The maximum Gasteiger partial charge on any atom is 0.262 e. The van der Waals surface area contributed by atoms with Crippen LogP contribution in [-0.4, -0.2) is 17.4 Å². The summed E-state index contributed by atoms with van der Waals surface area (Å²) in [4.78, 5) is 19.1. The Kier molecular flexibility index (Phi) is 6.02. The molecule has 0 fully saturated rings. The van der Waals surface area contributed by atoms with Gasteiger partial charge >= 0.3 is 0 Å². The van der Waals surface area contributed by atoms with Gasteiger partial charge in [-0.25, -0.2) is 0 Å². The Balaban J connectivity index is 1.81. The van der Waals surface area contributed by atoms with Gasteiger partial charge in [-0.05, 0) is 59.4 Å². The molecule has 150 valence electrons. The Hall–Kier alpha value is -3.14. The summed E-state index contributed by atoms with van der Waals surface area (Å²) >= 11 is 0. The van der Waals surface area contributed by atoms with E-state index < -0.39 is 0 Å². The number of anilines is 1. The molecule has 4 nitrogen and oxygen atoms in total. The zero-order chi connectivity index (χ0) is 21.0. The number of ether oxygens (including phenoxy) is 1. The minimum absolute atomic E-state index is 0.0637. The third-order valence-electron chi connectivity index (χ3n) is 5.05. The van der Waals surface area contributed by atoms with E-state index in [9.17, 15) is 4.79 Å². The second kappa shape index (κ2) is 8.48. The fraction of sp³-hybridized carbons (Fsp3) is 0.280. The molecule has 1 amide bonds. The van der Waals surface area contributed by atoms with E-state index in [0.29, 0.717) is 24.5 Å². The fourth-order valence-electron chi connectivity index (χ4n) is 3.31. The molecule has 0 radical (unpaired) electrons. The van der Waals surface area contributed by atoms with E-state index in [1.165, 1.54) is 5.56 Å². The Morgan fingerprint density at radius 1 is 1.17 bits per heavy atom. The molecule has 0 N–H and O–H groups in total. The van der Waals surface area contributed by atoms with E-state index >= 15 is 0 Å². The van der Waals surface area contributed by atoms with Crippen molar-refractivity contribution in [2.75, 3.05) is 11.4 Å². The lowest BCUT2D eigenvalue weighted by Crippen LogP contribution is -2.27. The van der Waals surface area contributed by atoms with Gasteiger partial charge in [-0.2, -0.15) is 0 Å². The molecule has 0 unspecified atom stereocenters. The smallest absolute Gasteiger partial charge is 0.262 e. The van der Waals surface area contributed by atoms with Crippen molar-refractivity contribution in [3.63, 3.8) is 0 Å². The van der Waals surface area contributed by atoms with E-state index in [1.54, 1.807) is 23.4 Å². The SMILES string of the molecule is C=CC1=C(/C(=C\C)OCc2ccncc2)C(=O)N(c2ccc(C(C)(C)C)cc2)C1. The van der Waals surface area contributed by atoms with Crippen LogP contribution in [0.4, 0.5) is 5.69 Å². The van der Waals surface area contributed by atoms with Gasteiger partial charge in [0.1, 0.15) is 12.4 Å². The molecule has 4 heteroatoms. The van der Waals surface area contributed by atoms with Crippen LogP contribution >= 0.6 is 0 Å². The van der Waals surface area contributed by atoms with Crippen molar-refractivity contribution < 1.29 is 9.53 Å². The van der Waals surface area contributed by atoms with Gasteiger partial charge < -0.3 is 9.64 Å². The molecule has 2 aromatic rings. The second-order valence-electron chi connectivity index (χ2n) is 8.09. The second-order valence-corrected chi connectivity index (χ2v) is 8.09. The van der Waals surface area contributed by atoms with Crippen LogP contribution in [0.25, 0.3) is 0 Å². The van der Waals surface area contributed by atoms with Crippen LogP contribution in [0.1, 0.15) is 38.8 Å². The molecule has 1 aliphatic heterocycles. The molecular weight excluding hydrogens is 360 g/mol. The van der Waals surface area contributed by atoms with Gasteiger partial charge in [-0.1, -0.05) is 45.6 Å². The molecule has 0 saturated heterocycles. The van der Waals surface area contributed by atoms with Gasteiger partial charge in [0.05, 0.1) is 12.1 Å². The average molecular weight is 389 g/mol. The number of pyridine rings is 1. The summed E-state index contributed by atoms with van der Waals surface area (Å²) in [5.41, 5.74) is 4.64. The standard InChI is InChI=1S/C25H28N2O2/c1-6-19-16-27(21-10-8-20(9-11-21)25(3,4)5)24(28)23(19)22(7-2)29-17-18-12-14-26-15-13-18/h6-15H,1,16-17H2,2-5H3/b22-7+. The summed E-state index contributed by atoms with van der Waals surface area (Å²) in [6, 6.07) is 12.0. The third-order valence-corrected chi connectivity index (χ3v) is 5.05. The molecule has 0 saturated carbocycles. The van der Waals surface area contributed by atoms with Crippen molar-refractivity contribution in [2.45, 2.75) is 39.7 Å². The Morgan fingerprint density at radius 2 is 1.83 bits per heavy atom. The molecule has 2 heterocycles. The van der Waals surface area contributed by atoms with Gasteiger partial charge in [0.15, 0.2) is 0 Å². The summed E-state index contributed by atoms with van der Waals surface area (Å²) in [5.74, 6) is 0.516. The van der Waals surface area contributed by atoms with Gasteiger partial charge in [0, 0.05) is 18.1 Å².